The molecule has 3 nitrogen and oxygen atoms in total. The number of carbonyl (C=O) groups is 1. The van der Waals surface area contributed by atoms with Crippen LogP contribution >= 0.6 is 0 Å². The SMILES string of the molecule is CCC[C@H](N)C(O)C(C)=O. The van der Waals surface area contributed by atoms with Crippen LogP contribution in [0.15, 0.2) is 0 Å². The number of ketones is 1. The zero-order valence-corrected chi connectivity index (χ0v) is 6.50. The number of hydrogen-bond acceptors (Lipinski definition) is 3. The van der Waals surface area contributed by atoms with Gasteiger partial charge in [-0.05, 0) is 13.3 Å². The van der Waals surface area contributed by atoms with Crippen LogP contribution in [0.4, 0.5) is 0 Å². The Morgan fingerprint density at radius 3 is 2.50 bits per heavy atom. The lowest BCUT2D eigenvalue weighted by atomic mass is 10.0. The van der Waals surface area contributed by atoms with Crippen LogP contribution in [0.5, 0.6) is 0 Å². The van der Waals surface area contributed by atoms with Gasteiger partial charge in [-0.2, -0.15) is 0 Å². The first-order valence-corrected chi connectivity index (χ1v) is 3.53. The molecule has 0 aliphatic carbocycles. The molecule has 60 valence electrons. The zero-order valence-electron chi connectivity index (χ0n) is 6.50. The van der Waals surface area contributed by atoms with Crippen LogP contribution in [0, 0.1) is 0 Å². The van der Waals surface area contributed by atoms with Crippen molar-refractivity contribution in [2.24, 2.45) is 5.73 Å². The lowest BCUT2D eigenvalue weighted by Gasteiger charge is -2.14. The van der Waals surface area contributed by atoms with E-state index in [1.54, 1.807) is 0 Å². The molecule has 0 spiro atoms. The van der Waals surface area contributed by atoms with E-state index >= 15 is 0 Å². The first-order valence-electron chi connectivity index (χ1n) is 3.53. The minimum Gasteiger partial charge on any atom is -0.384 e. The fourth-order valence-corrected chi connectivity index (χ4v) is 0.793. The highest BCUT2D eigenvalue weighted by molar-refractivity contribution is 5.80. The van der Waals surface area contributed by atoms with Crippen LogP contribution in [-0.2, 0) is 4.79 Å². The van der Waals surface area contributed by atoms with E-state index in [9.17, 15) is 4.79 Å². The first-order chi connectivity index (χ1) is 4.59. The molecule has 0 aliphatic rings. The van der Waals surface area contributed by atoms with Crippen LogP contribution < -0.4 is 5.73 Å². The number of Topliss-reactive ketones (excluding diaryl/α,β-unsaturated/α-hetero) is 1. The first kappa shape index (κ1) is 9.59. The van der Waals surface area contributed by atoms with E-state index in [0.717, 1.165) is 6.42 Å². The minimum atomic E-state index is -0.972. The Morgan fingerprint density at radius 2 is 2.20 bits per heavy atom. The molecule has 3 heteroatoms. The Balaban J connectivity index is 3.69. The van der Waals surface area contributed by atoms with Gasteiger partial charge >= 0.3 is 0 Å². The average molecular weight is 145 g/mol. The predicted molar refractivity (Wildman–Crippen MR) is 39.6 cm³/mol. The van der Waals surface area contributed by atoms with Crippen molar-refractivity contribution in [2.45, 2.75) is 38.8 Å². The molecule has 2 atom stereocenters. The molecule has 3 N–H and O–H groups in total. The maximum absolute atomic E-state index is 10.5. The normalized spacial score (nSPS) is 16.4. The fraction of sp³-hybridized carbons (Fsp3) is 0.857. The molecular formula is C7H15NO2. The number of aliphatic hydroxyl groups excluding tert-OH is 1. The van der Waals surface area contributed by atoms with Gasteiger partial charge in [0.2, 0.25) is 0 Å². The number of hydrogen-bond donors (Lipinski definition) is 2. The van der Waals surface area contributed by atoms with Crippen LogP contribution in [-0.4, -0.2) is 23.0 Å². The molecule has 0 bridgehead atoms. The lowest BCUT2D eigenvalue weighted by molar-refractivity contribution is -0.125. The summed E-state index contributed by atoms with van der Waals surface area (Å²) < 4.78 is 0. The molecule has 0 saturated heterocycles. The molecule has 0 aromatic rings. The topological polar surface area (TPSA) is 63.3 Å². The predicted octanol–water partition coefficient (Wildman–Crippen LogP) is 0.0637. The van der Waals surface area contributed by atoms with Crippen molar-refractivity contribution in [3.8, 4) is 0 Å². The highest BCUT2D eigenvalue weighted by Crippen LogP contribution is 1.99. The fourth-order valence-electron chi connectivity index (χ4n) is 0.793. The number of nitrogens with two attached hydrogens (primary N) is 1. The number of aliphatic hydroxyl groups is 1. The monoisotopic (exact) mass is 145 g/mol. The van der Waals surface area contributed by atoms with Crippen LogP contribution in [0.25, 0.3) is 0 Å². The Labute approximate surface area is 61.2 Å². The smallest absolute Gasteiger partial charge is 0.159 e. The number of rotatable bonds is 4. The summed E-state index contributed by atoms with van der Waals surface area (Å²) in [5.74, 6) is -0.249. The van der Waals surface area contributed by atoms with Gasteiger partial charge in [-0.1, -0.05) is 13.3 Å². The Kier molecular flexibility index (Phi) is 4.23. The van der Waals surface area contributed by atoms with Crippen LogP contribution in [0.3, 0.4) is 0 Å². The van der Waals surface area contributed by atoms with Gasteiger partial charge in [0.1, 0.15) is 6.10 Å². The van der Waals surface area contributed by atoms with Crippen molar-refractivity contribution in [3.05, 3.63) is 0 Å². The summed E-state index contributed by atoms with van der Waals surface area (Å²) >= 11 is 0. The minimum absolute atomic E-state index is 0.249. The summed E-state index contributed by atoms with van der Waals surface area (Å²) in [5, 5.41) is 9.05. The molecular weight excluding hydrogens is 130 g/mol. The molecule has 0 amide bonds. The Morgan fingerprint density at radius 1 is 1.70 bits per heavy atom. The van der Waals surface area contributed by atoms with E-state index in [0.29, 0.717) is 6.42 Å². The zero-order chi connectivity index (χ0) is 8.15. The quantitative estimate of drug-likeness (QED) is 0.588. The summed E-state index contributed by atoms with van der Waals surface area (Å²) in [5.41, 5.74) is 5.46. The van der Waals surface area contributed by atoms with Gasteiger partial charge < -0.3 is 10.8 Å². The number of carbonyl (C=O) groups excluding carboxylic acids is 1. The van der Waals surface area contributed by atoms with Gasteiger partial charge in [-0.15, -0.1) is 0 Å². The average Bonchev–Trinajstić information content (AvgIpc) is 1.87. The summed E-state index contributed by atoms with van der Waals surface area (Å²) in [7, 11) is 0. The van der Waals surface area contributed by atoms with Gasteiger partial charge in [0.15, 0.2) is 5.78 Å². The van der Waals surface area contributed by atoms with Crippen LogP contribution in [0.1, 0.15) is 26.7 Å². The summed E-state index contributed by atoms with van der Waals surface area (Å²) in [4.78, 5) is 10.5. The largest absolute Gasteiger partial charge is 0.384 e. The highest BCUT2D eigenvalue weighted by atomic mass is 16.3. The van der Waals surface area contributed by atoms with Crippen molar-refractivity contribution in [3.63, 3.8) is 0 Å². The lowest BCUT2D eigenvalue weighted by Crippen LogP contribution is -2.39. The molecule has 0 heterocycles. The molecule has 0 saturated carbocycles. The third-order valence-corrected chi connectivity index (χ3v) is 1.44. The van der Waals surface area contributed by atoms with Gasteiger partial charge in [0.25, 0.3) is 0 Å². The standard InChI is InChI=1S/C7H15NO2/c1-3-4-6(8)7(10)5(2)9/h6-7,10H,3-4,8H2,1-2H3/t6-,7?/m0/s1. The maximum Gasteiger partial charge on any atom is 0.159 e. The summed E-state index contributed by atoms with van der Waals surface area (Å²) in [6.07, 6.45) is 0.617. The molecule has 0 rings (SSSR count). The Hall–Kier alpha value is -0.410. The molecule has 0 aromatic carbocycles. The molecule has 0 fully saturated rings. The molecule has 1 unspecified atom stereocenters. The summed E-state index contributed by atoms with van der Waals surface area (Å²) in [6, 6.07) is -0.387. The second-order valence-corrected chi connectivity index (χ2v) is 2.51. The van der Waals surface area contributed by atoms with Crippen molar-refractivity contribution >= 4 is 5.78 Å². The summed E-state index contributed by atoms with van der Waals surface area (Å²) in [6.45, 7) is 3.31. The van der Waals surface area contributed by atoms with Gasteiger partial charge in [-0.3, -0.25) is 4.79 Å². The third-order valence-electron chi connectivity index (χ3n) is 1.44. The van der Waals surface area contributed by atoms with E-state index in [-0.39, 0.29) is 11.8 Å². The van der Waals surface area contributed by atoms with E-state index in [1.165, 1.54) is 6.92 Å². The molecule has 0 radical (unpaired) electrons. The van der Waals surface area contributed by atoms with E-state index in [2.05, 4.69) is 0 Å². The van der Waals surface area contributed by atoms with Crippen LogP contribution in [0.2, 0.25) is 0 Å². The van der Waals surface area contributed by atoms with Crippen molar-refractivity contribution in [2.75, 3.05) is 0 Å². The van der Waals surface area contributed by atoms with E-state index in [4.69, 9.17) is 10.8 Å². The molecule has 0 aliphatic heterocycles. The Bertz CT molecular complexity index is 114. The second-order valence-electron chi connectivity index (χ2n) is 2.51. The third kappa shape index (κ3) is 2.94. The van der Waals surface area contributed by atoms with Gasteiger partial charge in [0, 0.05) is 6.04 Å². The van der Waals surface area contributed by atoms with Crippen molar-refractivity contribution < 1.29 is 9.90 Å². The van der Waals surface area contributed by atoms with E-state index < -0.39 is 6.10 Å². The van der Waals surface area contributed by atoms with Crippen molar-refractivity contribution in [1.29, 1.82) is 0 Å². The molecule has 0 aromatic heterocycles. The highest BCUT2D eigenvalue weighted by Gasteiger charge is 2.17. The second kappa shape index (κ2) is 4.41. The molecule has 10 heavy (non-hydrogen) atoms. The van der Waals surface area contributed by atoms with E-state index in [1.807, 2.05) is 6.92 Å². The van der Waals surface area contributed by atoms with Gasteiger partial charge in [-0.25, -0.2) is 0 Å². The van der Waals surface area contributed by atoms with Crippen molar-refractivity contribution in [1.82, 2.24) is 0 Å². The van der Waals surface area contributed by atoms with Gasteiger partial charge in [0.05, 0.1) is 0 Å². The maximum atomic E-state index is 10.5.